The van der Waals surface area contributed by atoms with Crippen LogP contribution < -0.4 is 0 Å². The number of fused-ring (bicyclic) bond motifs is 5. The number of carbonyl (C=O) groups is 1. The van der Waals surface area contributed by atoms with Gasteiger partial charge in [0.05, 0.1) is 7.11 Å². The fraction of sp³-hybridized carbons (Fsp3) is 0.839. The van der Waals surface area contributed by atoms with Gasteiger partial charge in [0, 0.05) is 12.5 Å². The second-order valence-electron chi connectivity index (χ2n) is 14.4. The van der Waals surface area contributed by atoms with Crippen LogP contribution in [0.1, 0.15) is 99.3 Å². The van der Waals surface area contributed by atoms with E-state index in [1.165, 1.54) is 45.6 Å². The molecule has 4 aliphatic carbocycles. The molecular formula is C31H52O3Si. The van der Waals surface area contributed by atoms with Gasteiger partial charge in [0.1, 0.15) is 0 Å². The molecule has 35 heavy (non-hydrogen) atoms. The van der Waals surface area contributed by atoms with E-state index in [4.69, 9.17) is 9.16 Å². The lowest BCUT2D eigenvalue weighted by atomic mass is 9.50. The maximum atomic E-state index is 11.8. The van der Waals surface area contributed by atoms with Crippen molar-refractivity contribution in [2.75, 3.05) is 7.11 Å². The molecule has 4 rings (SSSR count). The van der Waals surface area contributed by atoms with Crippen LogP contribution in [0.3, 0.4) is 0 Å². The van der Waals surface area contributed by atoms with Gasteiger partial charge in [-0.2, -0.15) is 0 Å². The molecule has 4 aliphatic rings. The van der Waals surface area contributed by atoms with Crippen molar-refractivity contribution >= 4 is 14.3 Å². The molecule has 0 saturated heterocycles. The zero-order valence-electron chi connectivity index (χ0n) is 24.1. The Morgan fingerprint density at radius 1 is 1.09 bits per heavy atom. The summed E-state index contributed by atoms with van der Waals surface area (Å²) in [6.07, 6.45) is 15.9. The van der Waals surface area contributed by atoms with Crippen molar-refractivity contribution in [2.45, 2.75) is 124 Å². The molecule has 0 bridgehead atoms. The van der Waals surface area contributed by atoms with Crippen molar-refractivity contribution in [1.29, 1.82) is 0 Å². The summed E-state index contributed by atoms with van der Waals surface area (Å²) in [5, 5.41) is 0.266. The normalized spacial score (nSPS) is 38.0. The van der Waals surface area contributed by atoms with Crippen LogP contribution in [-0.2, 0) is 14.0 Å². The number of hydrogen-bond donors (Lipinski definition) is 0. The molecule has 3 fully saturated rings. The predicted molar refractivity (Wildman–Crippen MR) is 148 cm³/mol. The van der Waals surface area contributed by atoms with Crippen molar-refractivity contribution in [3.8, 4) is 0 Å². The first kappa shape index (κ1) is 27.2. The lowest BCUT2D eigenvalue weighted by Gasteiger charge is -2.56. The SMILES string of the molecule is COC(=O)CCC(C)C1CCC2C3=CC=C4CC(O[Si](C)(C)C(C)(C)C)CCC4(C)C3CCC21C. The molecule has 0 aromatic heterocycles. The van der Waals surface area contributed by atoms with Gasteiger partial charge in [0.15, 0.2) is 8.32 Å². The Morgan fingerprint density at radius 2 is 1.80 bits per heavy atom. The molecule has 7 unspecified atom stereocenters. The van der Waals surface area contributed by atoms with Gasteiger partial charge < -0.3 is 9.16 Å². The van der Waals surface area contributed by atoms with Crippen LogP contribution in [0.15, 0.2) is 23.3 Å². The van der Waals surface area contributed by atoms with E-state index in [1.807, 2.05) is 0 Å². The van der Waals surface area contributed by atoms with Crippen LogP contribution in [0.2, 0.25) is 18.1 Å². The molecule has 3 saturated carbocycles. The summed E-state index contributed by atoms with van der Waals surface area (Å²) in [5.74, 6) is 2.65. The third-order valence-electron chi connectivity index (χ3n) is 11.6. The Morgan fingerprint density at radius 3 is 2.46 bits per heavy atom. The number of hydrogen-bond acceptors (Lipinski definition) is 3. The molecule has 0 amide bonds. The van der Waals surface area contributed by atoms with Crippen LogP contribution in [-0.4, -0.2) is 27.5 Å². The molecule has 0 aromatic carbocycles. The highest BCUT2D eigenvalue weighted by Gasteiger charge is 2.57. The highest BCUT2D eigenvalue weighted by Crippen LogP contribution is 2.66. The van der Waals surface area contributed by atoms with Crippen LogP contribution >= 0.6 is 0 Å². The van der Waals surface area contributed by atoms with Crippen LogP contribution in [0.5, 0.6) is 0 Å². The zero-order valence-corrected chi connectivity index (χ0v) is 25.1. The third kappa shape index (κ3) is 4.76. The maximum absolute atomic E-state index is 11.8. The molecule has 0 aliphatic heterocycles. The lowest BCUT2D eigenvalue weighted by molar-refractivity contribution is -0.141. The molecule has 0 spiro atoms. The first-order valence-corrected chi connectivity index (χ1v) is 17.3. The van der Waals surface area contributed by atoms with Gasteiger partial charge in [-0.1, -0.05) is 64.8 Å². The van der Waals surface area contributed by atoms with Crippen molar-refractivity contribution in [3.63, 3.8) is 0 Å². The first-order valence-electron chi connectivity index (χ1n) is 14.4. The van der Waals surface area contributed by atoms with Gasteiger partial charge in [0.25, 0.3) is 0 Å². The Labute approximate surface area is 216 Å². The molecule has 0 aromatic rings. The summed E-state index contributed by atoms with van der Waals surface area (Å²) in [4.78, 5) is 11.8. The summed E-state index contributed by atoms with van der Waals surface area (Å²) in [6, 6.07) is 0. The molecule has 198 valence electrons. The van der Waals surface area contributed by atoms with Gasteiger partial charge in [0.2, 0.25) is 0 Å². The standard InChI is InChI=1S/C31H52O3Si/c1-21(10-15-28(32)33-7)25-13-14-26-24-12-11-22-20-23(34-35(8,9)29(2,3)4)16-18-30(22,5)27(24)17-19-31(25,26)6/h11-12,21,23,25-27H,10,13-20H2,1-9H3. The largest absolute Gasteiger partial charge is 0.469 e. The van der Waals surface area contributed by atoms with E-state index in [2.05, 4.69) is 66.8 Å². The molecule has 7 atom stereocenters. The number of rotatable bonds is 6. The van der Waals surface area contributed by atoms with E-state index >= 15 is 0 Å². The second-order valence-corrected chi connectivity index (χ2v) is 19.2. The number of carbonyl (C=O) groups excluding carboxylic acids is 1. The number of methoxy groups -OCH3 is 1. The summed E-state index contributed by atoms with van der Waals surface area (Å²) < 4.78 is 11.8. The van der Waals surface area contributed by atoms with Gasteiger partial charge >= 0.3 is 5.97 Å². The van der Waals surface area contributed by atoms with Gasteiger partial charge in [-0.3, -0.25) is 4.79 Å². The first-order chi connectivity index (χ1) is 16.2. The van der Waals surface area contributed by atoms with Crippen molar-refractivity contribution in [2.24, 2.45) is 34.5 Å². The monoisotopic (exact) mass is 500 g/mol. The van der Waals surface area contributed by atoms with Gasteiger partial charge in [-0.15, -0.1) is 0 Å². The van der Waals surface area contributed by atoms with Crippen molar-refractivity contribution in [1.82, 2.24) is 0 Å². The fourth-order valence-electron chi connectivity index (χ4n) is 8.29. The fourth-order valence-corrected chi connectivity index (χ4v) is 9.68. The summed E-state index contributed by atoms with van der Waals surface area (Å²) in [7, 11) is -0.236. The Hall–Kier alpha value is -0.873. The lowest BCUT2D eigenvalue weighted by Crippen LogP contribution is -2.49. The highest BCUT2D eigenvalue weighted by molar-refractivity contribution is 6.74. The summed E-state index contributed by atoms with van der Waals surface area (Å²) >= 11 is 0. The van der Waals surface area contributed by atoms with E-state index in [1.54, 1.807) is 11.1 Å². The molecule has 3 nitrogen and oxygen atoms in total. The Balaban J connectivity index is 1.51. The highest BCUT2D eigenvalue weighted by atomic mass is 28.4. The third-order valence-corrected chi connectivity index (χ3v) is 16.1. The molecule has 0 heterocycles. The van der Waals surface area contributed by atoms with E-state index < -0.39 is 8.32 Å². The zero-order chi connectivity index (χ0) is 25.8. The van der Waals surface area contributed by atoms with E-state index in [0.29, 0.717) is 47.0 Å². The number of allylic oxidation sites excluding steroid dienone is 3. The Bertz CT molecular complexity index is 880. The molecule has 0 radical (unpaired) electrons. The molecule has 0 N–H and O–H groups in total. The topological polar surface area (TPSA) is 35.5 Å². The quantitative estimate of drug-likeness (QED) is 0.271. The van der Waals surface area contributed by atoms with E-state index in [9.17, 15) is 4.79 Å². The van der Waals surface area contributed by atoms with Crippen LogP contribution in [0.4, 0.5) is 0 Å². The number of ether oxygens (including phenoxy) is 1. The maximum Gasteiger partial charge on any atom is 0.305 e. The average Bonchev–Trinajstić information content (AvgIpc) is 3.13. The van der Waals surface area contributed by atoms with E-state index in [0.717, 1.165) is 12.8 Å². The minimum Gasteiger partial charge on any atom is -0.469 e. The van der Waals surface area contributed by atoms with Gasteiger partial charge in [-0.05, 0) is 104 Å². The smallest absolute Gasteiger partial charge is 0.305 e. The van der Waals surface area contributed by atoms with Crippen molar-refractivity contribution < 1.29 is 14.0 Å². The predicted octanol–water partition coefficient (Wildman–Crippen LogP) is 8.47. The minimum absolute atomic E-state index is 0.0611. The van der Waals surface area contributed by atoms with Crippen LogP contribution in [0, 0.1) is 34.5 Å². The minimum atomic E-state index is -1.74. The molecular weight excluding hydrogens is 448 g/mol. The summed E-state index contributed by atoms with van der Waals surface area (Å²) in [5.41, 5.74) is 4.11. The van der Waals surface area contributed by atoms with Gasteiger partial charge in [-0.25, -0.2) is 0 Å². The van der Waals surface area contributed by atoms with Crippen molar-refractivity contribution in [3.05, 3.63) is 23.3 Å². The molecule has 4 heteroatoms. The summed E-state index contributed by atoms with van der Waals surface area (Å²) in [6.45, 7) is 19.4. The number of esters is 1. The Kier molecular flexibility index (Phi) is 7.34. The van der Waals surface area contributed by atoms with Crippen LogP contribution in [0.25, 0.3) is 0 Å². The van der Waals surface area contributed by atoms with E-state index in [-0.39, 0.29) is 11.0 Å². The average molecular weight is 501 g/mol. The second kappa shape index (κ2) is 9.46.